The molecule has 0 fully saturated rings. The SMILES string of the molecule is CC(C)(C)[S@](=O)N[C@@H](CCCCCCCl)c1ccccc1. The molecule has 0 amide bonds. The summed E-state index contributed by atoms with van der Waals surface area (Å²) >= 11 is 5.71. The highest BCUT2D eigenvalue weighted by atomic mass is 35.5. The van der Waals surface area contributed by atoms with Crippen molar-refractivity contribution in [1.29, 1.82) is 0 Å². The van der Waals surface area contributed by atoms with Gasteiger partial charge in [-0.05, 0) is 39.2 Å². The first kappa shape index (κ1) is 18.7. The molecular weight excluding hydrogens is 302 g/mol. The van der Waals surface area contributed by atoms with E-state index < -0.39 is 11.0 Å². The van der Waals surface area contributed by atoms with E-state index in [1.54, 1.807) is 0 Å². The van der Waals surface area contributed by atoms with Crippen LogP contribution in [0.5, 0.6) is 0 Å². The molecule has 1 rings (SSSR count). The number of hydrogen-bond donors (Lipinski definition) is 1. The van der Waals surface area contributed by atoms with Gasteiger partial charge >= 0.3 is 0 Å². The van der Waals surface area contributed by atoms with Crippen LogP contribution in [0.15, 0.2) is 30.3 Å². The summed E-state index contributed by atoms with van der Waals surface area (Å²) < 4.78 is 15.4. The predicted octanol–water partition coefficient (Wildman–Crippen LogP) is 4.97. The van der Waals surface area contributed by atoms with Crippen LogP contribution in [0.3, 0.4) is 0 Å². The lowest BCUT2D eigenvalue weighted by Gasteiger charge is -2.24. The summed E-state index contributed by atoms with van der Waals surface area (Å²) in [5.74, 6) is 0.744. The van der Waals surface area contributed by atoms with Crippen LogP contribution in [0.4, 0.5) is 0 Å². The minimum absolute atomic E-state index is 0.155. The first-order chi connectivity index (χ1) is 9.95. The molecule has 1 aromatic rings. The Kier molecular flexibility index (Phi) is 8.53. The number of nitrogens with one attached hydrogen (secondary N) is 1. The van der Waals surface area contributed by atoms with Crippen LogP contribution in [-0.2, 0) is 11.0 Å². The second-order valence-electron chi connectivity index (χ2n) is 6.35. The summed E-state index contributed by atoms with van der Waals surface area (Å²) in [6, 6.07) is 10.5. The summed E-state index contributed by atoms with van der Waals surface area (Å²) in [5.41, 5.74) is 1.22. The van der Waals surface area contributed by atoms with Gasteiger partial charge in [-0.25, -0.2) is 8.93 Å². The van der Waals surface area contributed by atoms with Crippen LogP contribution in [0.1, 0.15) is 64.5 Å². The lowest BCUT2D eigenvalue weighted by atomic mass is 10.0. The molecule has 0 aliphatic heterocycles. The first-order valence-corrected chi connectivity index (χ1v) is 9.42. The second-order valence-corrected chi connectivity index (χ2v) is 8.73. The maximum Gasteiger partial charge on any atom is 0.0975 e. The average Bonchev–Trinajstić information content (AvgIpc) is 2.45. The van der Waals surface area contributed by atoms with E-state index in [1.165, 1.54) is 18.4 Å². The Labute approximate surface area is 137 Å². The molecule has 0 saturated carbocycles. The Morgan fingerprint density at radius 3 is 2.29 bits per heavy atom. The van der Waals surface area contributed by atoms with E-state index in [0.717, 1.165) is 25.1 Å². The summed E-state index contributed by atoms with van der Waals surface area (Å²) in [6.45, 7) is 6.00. The number of alkyl halides is 1. The van der Waals surface area contributed by atoms with Crippen LogP contribution in [0, 0.1) is 0 Å². The molecule has 0 aromatic heterocycles. The van der Waals surface area contributed by atoms with Gasteiger partial charge in [-0.3, -0.25) is 0 Å². The highest BCUT2D eigenvalue weighted by Gasteiger charge is 2.23. The van der Waals surface area contributed by atoms with E-state index in [1.807, 2.05) is 39.0 Å². The van der Waals surface area contributed by atoms with Gasteiger partial charge in [-0.15, -0.1) is 11.6 Å². The van der Waals surface area contributed by atoms with Gasteiger partial charge < -0.3 is 0 Å². The number of unbranched alkanes of at least 4 members (excludes halogenated alkanes) is 3. The molecule has 0 bridgehead atoms. The van der Waals surface area contributed by atoms with Crippen molar-refractivity contribution in [2.24, 2.45) is 0 Å². The Morgan fingerprint density at radius 1 is 1.10 bits per heavy atom. The molecule has 21 heavy (non-hydrogen) atoms. The van der Waals surface area contributed by atoms with E-state index in [-0.39, 0.29) is 10.8 Å². The molecule has 0 saturated heterocycles. The zero-order chi connectivity index (χ0) is 15.7. The Hall–Kier alpha value is -0.380. The largest absolute Gasteiger partial charge is 0.242 e. The van der Waals surface area contributed by atoms with E-state index in [0.29, 0.717) is 0 Å². The standard InChI is InChI=1S/C17H28ClNOS/c1-17(2,3)21(20)19-16(13-9-4-5-10-14-18)15-11-7-6-8-12-15/h6-8,11-12,16,19H,4-5,9-10,13-14H2,1-3H3/t16-,21-/m0/s1. The first-order valence-electron chi connectivity index (χ1n) is 7.74. The van der Waals surface area contributed by atoms with Crippen LogP contribution in [0.2, 0.25) is 0 Å². The molecule has 1 aromatic carbocycles. The van der Waals surface area contributed by atoms with Crippen molar-refractivity contribution >= 4 is 22.6 Å². The lowest BCUT2D eigenvalue weighted by molar-refractivity contribution is 0.529. The highest BCUT2D eigenvalue weighted by molar-refractivity contribution is 7.84. The fourth-order valence-electron chi connectivity index (χ4n) is 2.08. The molecule has 0 heterocycles. The third-order valence-electron chi connectivity index (χ3n) is 3.38. The minimum atomic E-state index is -1.05. The summed E-state index contributed by atoms with van der Waals surface area (Å²) in [7, 11) is -1.05. The zero-order valence-corrected chi connectivity index (χ0v) is 15.0. The van der Waals surface area contributed by atoms with Gasteiger partial charge in [0.05, 0.1) is 15.7 Å². The van der Waals surface area contributed by atoms with Gasteiger partial charge in [0, 0.05) is 11.9 Å². The van der Waals surface area contributed by atoms with E-state index in [9.17, 15) is 4.21 Å². The van der Waals surface area contributed by atoms with Gasteiger partial charge in [-0.1, -0.05) is 49.6 Å². The Morgan fingerprint density at radius 2 is 1.71 bits per heavy atom. The van der Waals surface area contributed by atoms with Gasteiger partial charge in [0.15, 0.2) is 0 Å². The molecule has 120 valence electrons. The van der Waals surface area contributed by atoms with Crippen molar-refractivity contribution < 1.29 is 4.21 Å². The third kappa shape index (κ3) is 7.44. The van der Waals surface area contributed by atoms with Gasteiger partial charge in [-0.2, -0.15) is 0 Å². The number of rotatable bonds is 9. The molecule has 1 N–H and O–H groups in total. The van der Waals surface area contributed by atoms with Gasteiger partial charge in [0.1, 0.15) is 0 Å². The van der Waals surface area contributed by atoms with Crippen LogP contribution >= 0.6 is 11.6 Å². The van der Waals surface area contributed by atoms with E-state index >= 15 is 0 Å². The monoisotopic (exact) mass is 329 g/mol. The van der Waals surface area contributed by atoms with Gasteiger partial charge in [0.25, 0.3) is 0 Å². The summed E-state index contributed by atoms with van der Waals surface area (Å²) in [6.07, 6.45) is 5.57. The minimum Gasteiger partial charge on any atom is -0.242 e. The maximum atomic E-state index is 12.4. The van der Waals surface area contributed by atoms with Crippen molar-refractivity contribution in [3.8, 4) is 0 Å². The van der Waals surface area contributed by atoms with Crippen molar-refractivity contribution in [2.45, 2.75) is 63.7 Å². The van der Waals surface area contributed by atoms with Crippen molar-refractivity contribution in [3.63, 3.8) is 0 Å². The lowest BCUT2D eigenvalue weighted by Crippen LogP contribution is -2.35. The Bertz CT molecular complexity index is 417. The highest BCUT2D eigenvalue weighted by Crippen LogP contribution is 2.23. The molecule has 0 radical (unpaired) electrons. The van der Waals surface area contributed by atoms with Crippen LogP contribution in [0.25, 0.3) is 0 Å². The molecule has 0 spiro atoms. The molecule has 2 atom stereocenters. The summed E-state index contributed by atoms with van der Waals surface area (Å²) in [4.78, 5) is 0. The third-order valence-corrected chi connectivity index (χ3v) is 5.26. The summed E-state index contributed by atoms with van der Waals surface area (Å²) in [5, 5.41) is 0. The zero-order valence-electron chi connectivity index (χ0n) is 13.4. The maximum absolute atomic E-state index is 12.4. The molecule has 0 aliphatic carbocycles. The van der Waals surface area contributed by atoms with Crippen molar-refractivity contribution in [2.75, 3.05) is 5.88 Å². The molecular formula is C17H28ClNOS. The predicted molar refractivity (Wildman–Crippen MR) is 94.0 cm³/mol. The van der Waals surface area contributed by atoms with E-state index in [4.69, 9.17) is 11.6 Å². The number of benzene rings is 1. The van der Waals surface area contributed by atoms with Gasteiger partial charge in [0.2, 0.25) is 0 Å². The Balaban J connectivity index is 2.61. The topological polar surface area (TPSA) is 29.1 Å². The fourth-order valence-corrected chi connectivity index (χ4v) is 3.14. The van der Waals surface area contributed by atoms with E-state index in [2.05, 4.69) is 16.9 Å². The number of halogens is 1. The number of hydrogen-bond acceptors (Lipinski definition) is 1. The molecule has 0 aliphatic rings. The molecule has 4 heteroatoms. The average molecular weight is 330 g/mol. The van der Waals surface area contributed by atoms with Crippen LogP contribution < -0.4 is 4.72 Å². The molecule has 0 unspecified atom stereocenters. The molecule has 2 nitrogen and oxygen atoms in total. The smallest absolute Gasteiger partial charge is 0.0975 e. The second kappa shape index (κ2) is 9.60. The van der Waals surface area contributed by atoms with Crippen LogP contribution in [-0.4, -0.2) is 14.8 Å². The quantitative estimate of drug-likeness (QED) is 0.503. The van der Waals surface area contributed by atoms with Crippen molar-refractivity contribution in [1.82, 2.24) is 4.72 Å². The fraction of sp³-hybridized carbons (Fsp3) is 0.647. The normalized spacial score (nSPS) is 14.9. The van der Waals surface area contributed by atoms with Crippen molar-refractivity contribution in [3.05, 3.63) is 35.9 Å².